The predicted octanol–water partition coefficient (Wildman–Crippen LogP) is 5.82. The Morgan fingerprint density at radius 3 is 2.55 bits per heavy atom. The summed E-state index contributed by atoms with van der Waals surface area (Å²) in [5, 5.41) is 17.2. The van der Waals surface area contributed by atoms with E-state index < -0.39 is 29.9 Å². The molecule has 1 atom stereocenters. The summed E-state index contributed by atoms with van der Waals surface area (Å²) in [6.45, 7) is 12.2. The van der Waals surface area contributed by atoms with Gasteiger partial charge in [-0.25, -0.2) is 9.78 Å². The van der Waals surface area contributed by atoms with Gasteiger partial charge in [-0.05, 0) is 45.2 Å². The van der Waals surface area contributed by atoms with Gasteiger partial charge in [-0.15, -0.1) is 5.10 Å². The molecule has 8 nitrogen and oxygen atoms in total. The van der Waals surface area contributed by atoms with E-state index in [1.54, 1.807) is 0 Å². The van der Waals surface area contributed by atoms with Crippen LogP contribution in [0, 0.1) is 23.7 Å². The number of alkyl carbamates (subject to hydrolysis) is 1. The zero-order valence-corrected chi connectivity index (χ0v) is 22.7. The highest BCUT2D eigenvalue weighted by Crippen LogP contribution is 2.42. The zero-order valence-electron chi connectivity index (χ0n) is 22.7. The number of benzene rings is 1. The molecule has 0 unspecified atom stereocenters. The van der Waals surface area contributed by atoms with Crippen LogP contribution in [0.3, 0.4) is 0 Å². The highest BCUT2D eigenvalue weighted by molar-refractivity contribution is 5.85. The molecule has 0 bridgehead atoms. The topological polar surface area (TPSA) is 95.6 Å². The largest absolute Gasteiger partial charge is 0.444 e. The maximum absolute atomic E-state index is 14.7. The molecule has 0 radical (unpaired) electrons. The number of nitrogens with zero attached hydrogens (tertiary/aromatic N) is 5. The lowest BCUT2D eigenvalue weighted by atomic mass is 9.90. The number of hydrogen-bond donors (Lipinski definition) is 1. The van der Waals surface area contributed by atoms with E-state index in [1.165, 1.54) is 11.4 Å². The molecule has 1 aliphatic rings. The highest BCUT2D eigenvalue weighted by Gasteiger charge is 2.40. The van der Waals surface area contributed by atoms with Crippen molar-refractivity contribution in [3.05, 3.63) is 47.3 Å². The molecule has 1 N–H and O–H groups in total. The average Bonchev–Trinajstić information content (AvgIpc) is 3.47. The smallest absolute Gasteiger partial charge is 0.407 e. The molecule has 2 aromatic heterocycles. The lowest BCUT2D eigenvalue weighted by Crippen LogP contribution is -2.40. The molecule has 1 aliphatic heterocycles. The molecule has 3 aromatic rings. The number of fused-ring (bicyclic) bond motifs is 1. The number of halogens is 2. The molecule has 3 heterocycles. The maximum atomic E-state index is 14.7. The molecule has 38 heavy (non-hydrogen) atoms. The first kappa shape index (κ1) is 27.3. The minimum Gasteiger partial charge on any atom is -0.444 e. The van der Waals surface area contributed by atoms with E-state index in [1.807, 2.05) is 58.0 Å². The van der Waals surface area contributed by atoms with Crippen molar-refractivity contribution < 1.29 is 18.3 Å². The van der Waals surface area contributed by atoms with Crippen LogP contribution in [0.25, 0.3) is 16.8 Å². The monoisotopic (exact) mass is 524 g/mol. The summed E-state index contributed by atoms with van der Waals surface area (Å²) in [6.07, 6.45) is -0.199. The molecular weight excluding hydrogens is 490 g/mol. The molecule has 0 saturated carbocycles. The number of carbonyl (C=O) groups excluding carboxylic acids is 1. The molecular formula is C28H34F2N6O2. The van der Waals surface area contributed by atoms with Gasteiger partial charge in [0, 0.05) is 37.0 Å². The summed E-state index contributed by atoms with van der Waals surface area (Å²) in [6, 6.07) is 11.7. The third kappa shape index (κ3) is 5.28. The van der Waals surface area contributed by atoms with Crippen LogP contribution in [0.2, 0.25) is 0 Å². The Morgan fingerprint density at radius 2 is 1.95 bits per heavy atom. The van der Waals surface area contributed by atoms with E-state index in [2.05, 4.69) is 33.3 Å². The molecule has 10 heteroatoms. The Balaban J connectivity index is 1.82. The van der Waals surface area contributed by atoms with Crippen molar-refractivity contribution in [2.24, 2.45) is 5.41 Å². The number of anilines is 1. The van der Waals surface area contributed by atoms with E-state index in [-0.39, 0.29) is 16.6 Å². The van der Waals surface area contributed by atoms with E-state index in [0.29, 0.717) is 31.0 Å². The molecule has 4 rings (SSSR count). The Labute approximate surface area is 221 Å². The van der Waals surface area contributed by atoms with Gasteiger partial charge in [0.2, 0.25) is 5.82 Å². The van der Waals surface area contributed by atoms with Crippen molar-refractivity contribution >= 4 is 17.6 Å². The molecule has 1 saturated heterocycles. The van der Waals surface area contributed by atoms with Crippen LogP contribution in [0.1, 0.15) is 64.4 Å². The van der Waals surface area contributed by atoms with Gasteiger partial charge < -0.3 is 15.0 Å². The molecule has 0 spiro atoms. The third-order valence-electron chi connectivity index (χ3n) is 6.87. The van der Waals surface area contributed by atoms with Crippen molar-refractivity contribution in [3.63, 3.8) is 0 Å². The second-order valence-electron chi connectivity index (χ2n) is 11.2. The van der Waals surface area contributed by atoms with Crippen molar-refractivity contribution in [2.45, 2.75) is 65.9 Å². The third-order valence-corrected chi connectivity index (χ3v) is 6.87. The quantitative estimate of drug-likeness (QED) is 0.437. The Kier molecular flexibility index (Phi) is 7.08. The molecule has 1 aromatic carbocycles. The summed E-state index contributed by atoms with van der Waals surface area (Å²) in [7, 11) is 0. The van der Waals surface area contributed by atoms with Gasteiger partial charge in [0.05, 0.1) is 0 Å². The Bertz CT molecular complexity index is 1390. The first-order valence-corrected chi connectivity index (χ1v) is 12.8. The van der Waals surface area contributed by atoms with Gasteiger partial charge in [0.25, 0.3) is 0 Å². The van der Waals surface area contributed by atoms with Gasteiger partial charge in [-0.2, -0.15) is 18.6 Å². The number of ether oxygens (including phenoxy) is 1. The van der Waals surface area contributed by atoms with Crippen molar-refractivity contribution in [1.29, 1.82) is 5.26 Å². The number of rotatable bonds is 6. The first-order chi connectivity index (χ1) is 17.8. The number of pyridine rings is 1. The highest BCUT2D eigenvalue weighted by atomic mass is 19.3. The fraction of sp³-hybridized carbons (Fsp3) is 0.500. The summed E-state index contributed by atoms with van der Waals surface area (Å²) < 4.78 is 36.2. The minimum atomic E-state index is -3.23. The zero-order chi connectivity index (χ0) is 27.9. The molecule has 202 valence electrons. The molecule has 0 aliphatic carbocycles. The number of aromatic nitrogens is 3. The fourth-order valence-electron chi connectivity index (χ4n) is 4.83. The van der Waals surface area contributed by atoms with Gasteiger partial charge >= 0.3 is 12.0 Å². The van der Waals surface area contributed by atoms with E-state index in [9.17, 15) is 18.8 Å². The minimum absolute atomic E-state index is 0.114. The maximum Gasteiger partial charge on any atom is 0.407 e. The summed E-state index contributed by atoms with van der Waals surface area (Å²) in [4.78, 5) is 18.5. The SMILES string of the molecule is CCC(F)(F)c1nc2c(C#N)c(C)c(-c3ccccc3)c(N3CC[C@@](C)(CNC(=O)OC(C)(C)C)C3)n2n1. The van der Waals surface area contributed by atoms with E-state index in [4.69, 9.17) is 4.74 Å². The van der Waals surface area contributed by atoms with Crippen molar-refractivity contribution in [3.8, 4) is 17.2 Å². The van der Waals surface area contributed by atoms with Gasteiger partial charge in [0.1, 0.15) is 23.1 Å². The summed E-state index contributed by atoms with van der Waals surface area (Å²) in [5.74, 6) is -3.22. The number of alkyl halides is 2. The average molecular weight is 525 g/mol. The standard InChI is InChI=1S/C28H34F2N6O2/c1-7-28(29,30)24-33-22-20(15-31)18(2)21(19-11-9-8-10-12-19)23(36(22)34-24)35-14-13-27(6,17-35)16-32-25(37)38-26(3,4)5/h8-12H,7,13-14,16-17H2,1-6H3,(H,32,37)/t27-/m0/s1. The van der Waals surface area contributed by atoms with E-state index in [0.717, 1.165) is 17.5 Å². The second-order valence-corrected chi connectivity index (χ2v) is 11.2. The lowest BCUT2D eigenvalue weighted by molar-refractivity contribution is -0.0173. The molecule has 1 fully saturated rings. The first-order valence-electron chi connectivity index (χ1n) is 12.8. The van der Waals surface area contributed by atoms with E-state index >= 15 is 0 Å². The fourth-order valence-corrected chi connectivity index (χ4v) is 4.83. The number of carbonyl (C=O) groups is 1. The van der Waals surface area contributed by atoms with Crippen LogP contribution >= 0.6 is 0 Å². The van der Waals surface area contributed by atoms with Gasteiger partial charge in [-0.3, -0.25) is 0 Å². The summed E-state index contributed by atoms with van der Waals surface area (Å²) in [5.41, 5.74) is 1.66. The van der Waals surface area contributed by atoms with Crippen LogP contribution in [0.4, 0.5) is 19.4 Å². The number of hydrogen-bond acceptors (Lipinski definition) is 6. The second kappa shape index (κ2) is 9.86. The van der Waals surface area contributed by atoms with Gasteiger partial charge in [0.15, 0.2) is 5.65 Å². The van der Waals surface area contributed by atoms with Crippen molar-refractivity contribution in [2.75, 3.05) is 24.5 Å². The van der Waals surface area contributed by atoms with Crippen molar-refractivity contribution in [1.82, 2.24) is 19.9 Å². The predicted molar refractivity (Wildman–Crippen MR) is 141 cm³/mol. The Hall–Kier alpha value is -3.74. The summed E-state index contributed by atoms with van der Waals surface area (Å²) >= 11 is 0. The van der Waals surface area contributed by atoms with Gasteiger partial charge in [-0.1, -0.05) is 44.2 Å². The molecule has 1 amide bonds. The van der Waals surface area contributed by atoms with Crippen LogP contribution in [0.5, 0.6) is 0 Å². The van der Waals surface area contributed by atoms with Crippen LogP contribution < -0.4 is 10.2 Å². The van der Waals surface area contributed by atoms with Crippen LogP contribution in [0.15, 0.2) is 30.3 Å². The lowest BCUT2D eigenvalue weighted by Gasteiger charge is -2.29. The Morgan fingerprint density at radius 1 is 1.26 bits per heavy atom. The number of nitrogens with one attached hydrogen (secondary N) is 1. The number of nitriles is 1. The number of amides is 1. The normalized spacial score (nSPS) is 18.0. The van der Waals surface area contributed by atoms with Crippen LogP contribution in [-0.2, 0) is 10.7 Å². The van der Waals surface area contributed by atoms with Crippen LogP contribution in [-0.4, -0.2) is 45.9 Å².